The lowest BCUT2D eigenvalue weighted by atomic mass is 10.2. The van der Waals surface area contributed by atoms with Crippen molar-refractivity contribution in [3.8, 4) is 0 Å². The van der Waals surface area contributed by atoms with Crippen LogP contribution in [0.25, 0.3) is 5.65 Å². The lowest BCUT2D eigenvalue weighted by Crippen LogP contribution is -2.37. The third-order valence-electron chi connectivity index (χ3n) is 3.81. The predicted molar refractivity (Wildman–Crippen MR) is 95.7 cm³/mol. The van der Waals surface area contributed by atoms with Gasteiger partial charge >= 0.3 is 5.69 Å². The third kappa shape index (κ3) is 3.93. The van der Waals surface area contributed by atoms with Gasteiger partial charge in [-0.1, -0.05) is 18.7 Å². The smallest absolute Gasteiger partial charge is 0.350 e. The second-order valence-electron chi connectivity index (χ2n) is 5.80. The summed E-state index contributed by atoms with van der Waals surface area (Å²) in [5.74, 6) is -0.598. The second-order valence-corrected chi connectivity index (χ2v) is 6.86. The zero-order chi connectivity index (χ0) is 18.7. The van der Waals surface area contributed by atoms with Gasteiger partial charge in [-0.15, -0.1) is 5.10 Å². The van der Waals surface area contributed by atoms with Gasteiger partial charge in [0.05, 0.1) is 0 Å². The molecule has 0 saturated carbocycles. The minimum atomic E-state index is -0.414. The topological polar surface area (TPSA) is 81.3 Å². The highest BCUT2D eigenvalue weighted by atomic mass is 32.2. The number of amides is 1. The Morgan fingerprint density at radius 2 is 2.08 bits per heavy atom. The number of benzene rings is 1. The summed E-state index contributed by atoms with van der Waals surface area (Å²) in [6.45, 7) is 3.70. The van der Waals surface area contributed by atoms with E-state index in [4.69, 9.17) is 0 Å². The monoisotopic (exact) mass is 375 g/mol. The van der Waals surface area contributed by atoms with Gasteiger partial charge in [-0.3, -0.25) is 4.79 Å². The molecule has 3 rings (SSSR count). The van der Waals surface area contributed by atoms with Crippen LogP contribution in [-0.4, -0.2) is 31.1 Å². The largest absolute Gasteiger partial charge is 0.352 e. The van der Waals surface area contributed by atoms with E-state index < -0.39 is 5.69 Å². The molecule has 0 spiro atoms. The molecule has 9 heteroatoms. The van der Waals surface area contributed by atoms with E-state index in [-0.39, 0.29) is 24.3 Å². The van der Waals surface area contributed by atoms with Gasteiger partial charge in [0.1, 0.15) is 17.4 Å². The average Bonchev–Trinajstić information content (AvgIpc) is 2.94. The molecule has 3 aromatic rings. The highest BCUT2D eigenvalue weighted by molar-refractivity contribution is 7.99. The van der Waals surface area contributed by atoms with Gasteiger partial charge in [0.25, 0.3) is 0 Å². The maximum absolute atomic E-state index is 13.0. The number of nitrogens with zero attached hydrogens (tertiary/aromatic N) is 4. The molecule has 7 nitrogen and oxygen atoms in total. The van der Waals surface area contributed by atoms with Gasteiger partial charge < -0.3 is 5.32 Å². The van der Waals surface area contributed by atoms with Crippen LogP contribution in [0.4, 0.5) is 4.39 Å². The first-order chi connectivity index (χ1) is 12.5. The number of halogens is 1. The summed E-state index contributed by atoms with van der Waals surface area (Å²) in [5.41, 5.74) is -0.0641. The second kappa shape index (κ2) is 7.69. The van der Waals surface area contributed by atoms with E-state index in [2.05, 4.69) is 15.4 Å². The Morgan fingerprint density at radius 1 is 1.35 bits per heavy atom. The first-order valence-corrected chi connectivity index (χ1v) is 8.96. The van der Waals surface area contributed by atoms with Crippen LogP contribution in [-0.2, 0) is 11.3 Å². The van der Waals surface area contributed by atoms with Crippen molar-refractivity contribution in [2.24, 2.45) is 0 Å². The minimum Gasteiger partial charge on any atom is -0.352 e. The summed E-state index contributed by atoms with van der Waals surface area (Å²) in [6.07, 6.45) is 3.79. The lowest BCUT2D eigenvalue weighted by Gasteiger charge is -2.10. The summed E-state index contributed by atoms with van der Waals surface area (Å²) in [5, 5.41) is 7.55. The first-order valence-electron chi connectivity index (χ1n) is 8.15. The maximum Gasteiger partial charge on any atom is 0.350 e. The quantitative estimate of drug-likeness (QED) is 0.714. The number of nitrogens with one attached hydrogen (secondary N) is 1. The standard InChI is InChI=1S/C17H18FN5O2S/c1-3-11(2)20-14(24)10-23-17(25)22-9-8-19-16(15(22)21-23)26-13-6-4-12(18)5-7-13/h4-9,11H,3,10H2,1-2H3,(H,20,24). The van der Waals surface area contributed by atoms with E-state index in [1.807, 2.05) is 13.8 Å². The van der Waals surface area contributed by atoms with Crippen LogP contribution in [0.15, 0.2) is 51.4 Å². The fourth-order valence-electron chi connectivity index (χ4n) is 2.27. The van der Waals surface area contributed by atoms with Crippen molar-refractivity contribution >= 4 is 23.3 Å². The molecule has 1 unspecified atom stereocenters. The van der Waals surface area contributed by atoms with Crippen LogP contribution < -0.4 is 11.0 Å². The molecule has 1 atom stereocenters. The third-order valence-corrected chi connectivity index (χ3v) is 4.80. The highest BCUT2D eigenvalue weighted by Crippen LogP contribution is 2.27. The molecule has 0 fully saturated rings. The Bertz CT molecular complexity index is 983. The van der Waals surface area contributed by atoms with Gasteiger partial charge in [0.15, 0.2) is 5.65 Å². The molecule has 136 valence electrons. The maximum atomic E-state index is 13.0. The number of carbonyl (C=O) groups is 1. The van der Waals surface area contributed by atoms with Crippen LogP contribution in [0.3, 0.4) is 0 Å². The minimum absolute atomic E-state index is 0.0292. The van der Waals surface area contributed by atoms with E-state index in [0.717, 1.165) is 16.0 Å². The van der Waals surface area contributed by atoms with Crippen LogP contribution in [0.2, 0.25) is 0 Å². The molecular weight excluding hydrogens is 357 g/mol. The predicted octanol–water partition coefficient (Wildman–Crippen LogP) is 2.10. The zero-order valence-corrected chi connectivity index (χ0v) is 15.2. The molecule has 0 saturated heterocycles. The van der Waals surface area contributed by atoms with Crippen LogP contribution in [0.1, 0.15) is 20.3 Å². The van der Waals surface area contributed by atoms with Gasteiger partial charge in [0, 0.05) is 23.3 Å². The molecule has 0 aliphatic heterocycles. The first kappa shape index (κ1) is 18.1. The Kier molecular flexibility index (Phi) is 5.36. The molecule has 0 radical (unpaired) electrons. The molecule has 2 heterocycles. The summed E-state index contributed by atoms with van der Waals surface area (Å²) in [4.78, 5) is 29.5. The summed E-state index contributed by atoms with van der Waals surface area (Å²) in [7, 11) is 0. The fraction of sp³-hybridized carbons (Fsp3) is 0.294. The number of aromatic nitrogens is 4. The van der Waals surface area contributed by atoms with Crippen LogP contribution in [0, 0.1) is 5.82 Å². The van der Waals surface area contributed by atoms with Crippen molar-refractivity contribution in [2.45, 2.75) is 42.8 Å². The number of rotatable bonds is 6. The summed E-state index contributed by atoms with van der Waals surface area (Å²) >= 11 is 1.27. The number of fused-ring (bicyclic) bond motifs is 1. The molecule has 0 aliphatic rings. The van der Waals surface area contributed by atoms with Crippen molar-refractivity contribution in [3.63, 3.8) is 0 Å². The van der Waals surface area contributed by atoms with E-state index in [9.17, 15) is 14.0 Å². The Morgan fingerprint density at radius 3 is 2.77 bits per heavy atom. The Balaban J connectivity index is 1.89. The molecular formula is C17H18FN5O2S. The van der Waals surface area contributed by atoms with Gasteiger partial charge in [0.2, 0.25) is 5.91 Å². The normalized spacial score (nSPS) is 12.3. The van der Waals surface area contributed by atoms with Crippen molar-refractivity contribution in [2.75, 3.05) is 0 Å². The van der Waals surface area contributed by atoms with E-state index in [1.165, 1.54) is 40.7 Å². The van der Waals surface area contributed by atoms with Crippen molar-refractivity contribution < 1.29 is 9.18 Å². The molecule has 1 aromatic carbocycles. The van der Waals surface area contributed by atoms with Crippen molar-refractivity contribution in [1.29, 1.82) is 0 Å². The lowest BCUT2D eigenvalue weighted by molar-refractivity contribution is -0.122. The molecule has 2 aromatic heterocycles. The molecule has 1 N–H and O–H groups in total. The van der Waals surface area contributed by atoms with E-state index in [1.54, 1.807) is 12.1 Å². The Hall–Kier alpha value is -2.68. The number of hydrogen-bond donors (Lipinski definition) is 1. The highest BCUT2D eigenvalue weighted by Gasteiger charge is 2.15. The number of carbonyl (C=O) groups excluding carboxylic acids is 1. The van der Waals surface area contributed by atoms with Gasteiger partial charge in [-0.25, -0.2) is 23.3 Å². The van der Waals surface area contributed by atoms with Crippen LogP contribution in [0.5, 0.6) is 0 Å². The average molecular weight is 375 g/mol. The summed E-state index contributed by atoms with van der Waals surface area (Å²) < 4.78 is 15.5. The Labute approximate surface area is 153 Å². The SMILES string of the molecule is CCC(C)NC(=O)Cn1nc2c(Sc3ccc(F)cc3)nccn2c1=O. The fourth-order valence-corrected chi connectivity index (χ4v) is 3.11. The van der Waals surface area contributed by atoms with Crippen LogP contribution >= 0.6 is 11.8 Å². The van der Waals surface area contributed by atoms with Gasteiger partial charge in [-0.2, -0.15) is 0 Å². The summed E-state index contributed by atoms with van der Waals surface area (Å²) in [6, 6.07) is 5.99. The molecule has 1 amide bonds. The van der Waals surface area contributed by atoms with Gasteiger partial charge in [-0.05, 0) is 37.6 Å². The van der Waals surface area contributed by atoms with E-state index >= 15 is 0 Å². The molecule has 0 aliphatic carbocycles. The van der Waals surface area contributed by atoms with E-state index in [0.29, 0.717) is 10.7 Å². The molecule has 0 bridgehead atoms. The zero-order valence-electron chi connectivity index (χ0n) is 14.3. The van der Waals surface area contributed by atoms with Crippen molar-refractivity contribution in [1.82, 2.24) is 24.5 Å². The number of hydrogen-bond acceptors (Lipinski definition) is 5. The van der Waals surface area contributed by atoms with Crippen molar-refractivity contribution in [3.05, 3.63) is 53.0 Å². The molecule has 26 heavy (non-hydrogen) atoms.